The molecule has 8 heteroatoms. The van der Waals surface area contributed by atoms with Crippen LogP contribution in [0.4, 0.5) is 5.13 Å². The first-order valence-corrected chi connectivity index (χ1v) is 10.7. The number of para-hydroxylation sites is 1. The van der Waals surface area contributed by atoms with E-state index in [1.807, 2.05) is 49.6 Å². The van der Waals surface area contributed by atoms with Gasteiger partial charge in [-0.3, -0.25) is 10.1 Å². The third-order valence-corrected chi connectivity index (χ3v) is 5.33. The maximum Gasteiger partial charge on any atom is 0.268 e. The molecule has 1 amide bonds. The summed E-state index contributed by atoms with van der Waals surface area (Å²) in [5.74, 6) is 0.781. The summed E-state index contributed by atoms with van der Waals surface area (Å²) in [4.78, 5) is 16.5. The van der Waals surface area contributed by atoms with Crippen molar-refractivity contribution in [3.05, 3.63) is 75.3 Å². The number of amides is 1. The Kier molecular flexibility index (Phi) is 7.65. The minimum Gasteiger partial charge on any atom is -0.490 e. The summed E-state index contributed by atoms with van der Waals surface area (Å²) in [6, 6.07) is 14.7. The normalized spacial score (nSPS) is 11.0. The van der Waals surface area contributed by atoms with Crippen molar-refractivity contribution in [2.45, 2.75) is 13.8 Å². The van der Waals surface area contributed by atoms with Gasteiger partial charge in [-0.1, -0.05) is 35.9 Å². The molecule has 1 heterocycles. The molecule has 3 rings (SSSR count). The number of nitrogens with zero attached hydrogens (tertiary/aromatic N) is 2. The summed E-state index contributed by atoms with van der Waals surface area (Å²) in [5.41, 5.74) is 2.41. The van der Waals surface area contributed by atoms with Crippen LogP contribution in [0.15, 0.2) is 53.4 Å². The molecule has 0 saturated carbocycles. The topological polar surface area (TPSA) is 84.2 Å². The van der Waals surface area contributed by atoms with E-state index >= 15 is 0 Å². The van der Waals surface area contributed by atoms with Gasteiger partial charge in [0.05, 0.1) is 10.7 Å². The average molecular weight is 454 g/mol. The van der Waals surface area contributed by atoms with Crippen LogP contribution in [-0.2, 0) is 4.79 Å². The fourth-order valence-corrected chi connectivity index (χ4v) is 3.56. The molecule has 0 aliphatic heterocycles. The van der Waals surface area contributed by atoms with Gasteiger partial charge in [0.2, 0.25) is 0 Å². The van der Waals surface area contributed by atoms with E-state index in [1.165, 1.54) is 17.4 Å². The highest BCUT2D eigenvalue weighted by Gasteiger charge is 2.12. The number of benzene rings is 2. The number of ether oxygens (including phenoxy) is 2. The van der Waals surface area contributed by atoms with E-state index in [0.717, 1.165) is 17.0 Å². The molecule has 31 heavy (non-hydrogen) atoms. The van der Waals surface area contributed by atoms with Crippen LogP contribution in [0.5, 0.6) is 11.5 Å². The summed E-state index contributed by atoms with van der Waals surface area (Å²) in [7, 11) is 0. The number of thiazole rings is 1. The molecule has 0 spiro atoms. The smallest absolute Gasteiger partial charge is 0.268 e. The lowest BCUT2D eigenvalue weighted by Gasteiger charge is -2.11. The zero-order chi connectivity index (χ0) is 22.2. The number of hydrogen-bond acceptors (Lipinski definition) is 6. The van der Waals surface area contributed by atoms with Crippen molar-refractivity contribution in [3.8, 4) is 17.6 Å². The zero-order valence-corrected chi connectivity index (χ0v) is 18.6. The van der Waals surface area contributed by atoms with Gasteiger partial charge in [-0.05, 0) is 49.2 Å². The molecule has 0 saturated heterocycles. The van der Waals surface area contributed by atoms with Crippen molar-refractivity contribution in [3.63, 3.8) is 0 Å². The molecule has 0 fully saturated rings. The summed E-state index contributed by atoms with van der Waals surface area (Å²) in [6.07, 6.45) is 1.47. The van der Waals surface area contributed by atoms with E-state index < -0.39 is 5.91 Å². The number of anilines is 1. The third-order valence-electron chi connectivity index (χ3n) is 4.16. The van der Waals surface area contributed by atoms with E-state index in [9.17, 15) is 10.1 Å². The van der Waals surface area contributed by atoms with Gasteiger partial charge in [0, 0.05) is 5.38 Å². The molecule has 6 nitrogen and oxygen atoms in total. The average Bonchev–Trinajstić information content (AvgIpc) is 3.16. The second-order valence-electron chi connectivity index (χ2n) is 6.57. The fourth-order valence-electron chi connectivity index (χ4n) is 2.64. The summed E-state index contributed by atoms with van der Waals surface area (Å²) >= 11 is 7.60. The van der Waals surface area contributed by atoms with E-state index in [2.05, 4.69) is 10.3 Å². The molecular formula is C23H20ClN3O3S. The summed E-state index contributed by atoms with van der Waals surface area (Å²) in [5, 5.41) is 14.6. The molecule has 0 unspecified atom stereocenters. The fraction of sp³-hybridized carbons (Fsp3) is 0.174. The van der Waals surface area contributed by atoms with Crippen LogP contribution in [0.1, 0.15) is 16.8 Å². The minimum absolute atomic E-state index is 0.0516. The SMILES string of the molecule is Cc1csc(NC(=O)/C(C#N)=C\c2ccc(OCCOc3ccccc3C)c(Cl)c2)n1. The van der Waals surface area contributed by atoms with Crippen molar-refractivity contribution in [1.82, 2.24) is 4.98 Å². The molecule has 1 aromatic heterocycles. The number of nitrogens with one attached hydrogen (secondary N) is 1. The van der Waals surface area contributed by atoms with Crippen LogP contribution in [0, 0.1) is 25.2 Å². The monoisotopic (exact) mass is 453 g/mol. The lowest BCUT2D eigenvalue weighted by Crippen LogP contribution is -2.13. The van der Waals surface area contributed by atoms with Gasteiger partial charge in [0.15, 0.2) is 5.13 Å². The van der Waals surface area contributed by atoms with Gasteiger partial charge in [-0.2, -0.15) is 5.26 Å². The number of carbonyl (C=O) groups excluding carboxylic acids is 1. The first kappa shape index (κ1) is 22.3. The lowest BCUT2D eigenvalue weighted by atomic mass is 10.1. The molecule has 2 aromatic carbocycles. The van der Waals surface area contributed by atoms with Crippen LogP contribution in [-0.4, -0.2) is 24.1 Å². The van der Waals surface area contributed by atoms with E-state index in [0.29, 0.717) is 34.7 Å². The Hall–Kier alpha value is -3.34. The maximum atomic E-state index is 12.3. The van der Waals surface area contributed by atoms with Crippen LogP contribution >= 0.6 is 22.9 Å². The molecule has 158 valence electrons. The predicted molar refractivity (Wildman–Crippen MR) is 123 cm³/mol. The minimum atomic E-state index is -0.526. The first-order chi connectivity index (χ1) is 15.0. The van der Waals surface area contributed by atoms with Crippen molar-refractivity contribution in [2.75, 3.05) is 18.5 Å². The number of aromatic nitrogens is 1. The van der Waals surface area contributed by atoms with Gasteiger partial charge in [-0.25, -0.2) is 4.98 Å². The summed E-state index contributed by atoms with van der Waals surface area (Å²) in [6.45, 7) is 4.50. The number of nitriles is 1. The standard InChI is InChI=1S/C23H20ClN3O3S/c1-15-5-3-4-6-20(15)29-9-10-30-21-8-7-17(12-19(21)24)11-18(13-25)22(28)27-23-26-16(2)14-31-23/h3-8,11-12,14H,9-10H2,1-2H3,(H,26,27,28)/b18-11-. The number of halogens is 1. The first-order valence-electron chi connectivity index (χ1n) is 9.42. The van der Waals surface area contributed by atoms with Gasteiger partial charge >= 0.3 is 0 Å². The Bertz CT molecular complexity index is 1150. The predicted octanol–water partition coefficient (Wildman–Crippen LogP) is 5.42. The molecule has 0 aliphatic rings. The van der Waals surface area contributed by atoms with Crippen molar-refractivity contribution in [2.24, 2.45) is 0 Å². The second kappa shape index (κ2) is 10.6. The molecule has 0 radical (unpaired) electrons. The highest BCUT2D eigenvalue weighted by atomic mass is 35.5. The van der Waals surface area contributed by atoms with E-state index in [4.69, 9.17) is 21.1 Å². The van der Waals surface area contributed by atoms with Gasteiger partial charge < -0.3 is 9.47 Å². The zero-order valence-electron chi connectivity index (χ0n) is 17.0. The van der Waals surface area contributed by atoms with Crippen LogP contribution < -0.4 is 14.8 Å². The molecule has 1 N–H and O–H groups in total. The Balaban J connectivity index is 1.59. The largest absolute Gasteiger partial charge is 0.490 e. The van der Waals surface area contributed by atoms with Crippen molar-refractivity contribution < 1.29 is 14.3 Å². The van der Waals surface area contributed by atoms with E-state index in [-0.39, 0.29) is 5.57 Å². The van der Waals surface area contributed by atoms with Gasteiger partial charge in [-0.15, -0.1) is 11.3 Å². The van der Waals surface area contributed by atoms with Crippen LogP contribution in [0.2, 0.25) is 5.02 Å². The van der Waals surface area contributed by atoms with Crippen LogP contribution in [0.3, 0.4) is 0 Å². The molecule has 0 bridgehead atoms. The number of hydrogen-bond donors (Lipinski definition) is 1. The Morgan fingerprint density at radius 1 is 1.19 bits per heavy atom. The van der Waals surface area contributed by atoms with Crippen molar-refractivity contribution in [1.29, 1.82) is 5.26 Å². The molecular weight excluding hydrogens is 434 g/mol. The second-order valence-corrected chi connectivity index (χ2v) is 7.84. The molecule has 0 aliphatic carbocycles. The highest BCUT2D eigenvalue weighted by molar-refractivity contribution is 7.13. The van der Waals surface area contributed by atoms with E-state index in [1.54, 1.807) is 18.2 Å². The Morgan fingerprint density at radius 3 is 2.58 bits per heavy atom. The number of rotatable bonds is 8. The Morgan fingerprint density at radius 2 is 1.94 bits per heavy atom. The lowest BCUT2D eigenvalue weighted by molar-refractivity contribution is -0.112. The van der Waals surface area contributed by atoms with Crippen molar-refractivity contribution >= 4 is 40.1 Å². The maximum absolute atomic E-state index is 12.3. The molecule has 0 atom stereocenters. The third kappa shape index (κ3) is 6.32. The quantitative estimate of drug-likeness (QED) is 0.280. The molecule has 3 aromatic rings. The number of aryl methyl sites for hydroxylation is 2. The van der Waals surface area contributed by atoms with Gasteiger partial charge in [0.25, 0.3) is 5.91 Å². The van der Waals surface area contributed by atoms with Crippen LogP contribution in [0.25, 0.3) is 6.08 Å². The highest BCUT2D eigenvalue weighted by Crippen LogP contribution is 2.27. The number of carbonyl (C=O) groups is 1. The Labute approximate surface area is 189 Å². The van der Waals surface area contributed by atoms with Gasteiger partial charge in [0.1, 0.15) is 36.4 Å². The summed E-state index contributed by atoms with van der Waals surface area (Å²) < 4.78 is 11.4.